The molecule has 1 aliphatic rings. The number of hydrogen-bond acceptors (Lipinski definition) is 2. The Morgan fingerprint density at radius 1 is 1.30 bits per heavy atom. The van der Waals surface area contributed by atoms with E-state index < -0.39 is 0 Å². The molecule has 0 radical (unpaired) electrons. The van der Waals surface area contributed by atoms with Crippen molar-refractivity contribution in [3.05, 3.63) is 29.8 Å². The lowest BCUT2D eigenvalue weighted by molar-refractivity contribution is -0.0846. The minimum absolute atomic E-state index is 0.0106. The van der Waals surface area contributed by atoms with E-state index in [1.165, 1.54) is 0 Å². The van der Waals surface area contributed by atoms with Crippen molar-refractivity contribution in [2.45, 2.75) is 51.4 Å². The van der Waals surface area contributed by atoms with Crippen LogP contribution in [0.3, 0.4) is 0 Å². The Morgan fingerprint density at radius 3 is 2.60 bits per heavy atom. The van der Waals surface area contributed by atoms with Gasteiger partial charge >= 0.3 is 0 Å². The summed E-state index contributed by atoms with van der Waals surface area (Å²) >= 11 is 5.62. The summed E-state index contributed by atoms with van der Waals surface area (Å²) in [4.78, 5) is 0. The molecule has 3 heteroatoms. The summed E-state index contributed by atoms with van der Waals surface area (Å²) in [5.41, 5.74) is 0.398. The molecule has 1 saturated heterocycles. The van der Waals surface area contributed by atoms with Gasteiger partial charge in [-0.15, -0.1) is 11.6 Å². The molecule has 0 N–H and O–H groups in total. The summed E-state index contributed by atoms with van der Waals surface area (Å²) < 4.78 is 12.2. The van der Waals surface area contributed by atoms with Gasteiger partial charge < -0.3 is 9.47 Å². The van der Waals surface area contributed by atoms with Crippen molar-refractivity contribution in [3.8, 4) is 17.6 Å². The number of rotatable bonds is 2. The van der Waals surface area contributed by atoms with Crippen molar-refractivity contribution in [2.24, 2.45) is 0 Å². The summed E-state index contributed by atoms with van der Waals surface area (Å²) in [6, 6.07) is 7.79. The zero-order valence-corrected chi connectivity index (χ0v) is 13.3. The van der Waals surface area contributed by atoms with Crippen molar-refractivity contribution >= 4 is 11.6 Å². The second-order valence-electron chi connectivity index (χ2n) is 6.21. The number of ether oxygens (including phenoxy) is 2. The second-order valence-corrected chi connectivity index (χ2v) is 6.47. The fourth-order valence-electron chi connectivity index (χ4n) is 2.65. The summed E-state index contributed by atoms with van der Waals surface area (Å²) in [5.74, 6) is 7.02. The fraction of sp³-hybridized carbons (Fsp3) is 0.529. The zero-order valence-electron chi connectivity index (χ0n) is 12.5. The van der Waals surface area contributed by atoms with Gasteiger partial charge in [-0.1, -0.05) is 24.0 Å². The SMILES string of the molecule is CC1(C)CC(Oc2ccccc2C#CCCl)C(C)(C)O1. The molecule has 1 aromatic carbocycles. The molecule has 1 aliphatic heterocycles. The third-order valence-corrected chi connectivity index (χ3v) is 3.57. The molecule has 0 bridgehead atoms. The van der Waals surface area contributed by atoms with Crippen LogP contribution in [-0.2, 0) is 4.74 Å². The predicted octanol–water partition coefficient (Wildman–Crippen LogP) is 4.00. The second kappa shape index (κ2) is 5.68. The first kappa shape index (κ1) is 15.2. The predicted molar refractivity (Wildman–Crippen MR) is 82.3 cm³/mol. The van der Waals surface area contributed by atoms with Gasteiger partial charge in [-0.05, 0) is 39.8 Å². The molecule has 0 aromatic heterocycles. The maximum absolute atomic E-state index is 6.18. The Morgan fingerprint density at radius 2 is 2.00 bits per heavy atom. The van der Waals surface area contributed by atoms with Crippen LogP contribution in [0, 0.1) is 11.8 Å². The van der Waals surface area contributed by atoms with E-state index in [0.717, 1.165) is 17.7 Å². The minimum atomic E-state index is -0.309. The molecule has 0 saturated carbocycles. The third-order valence-electron chi connectivity index (χ3n) is 3.44. The van der Waals surface area contributed by atoms with Gasteiger partial charge in [-0.2, -0.15) is 0 Å². The third kappa shape index (κ3) is 3.48. The van der Waals surface area contributed by atoms with Gasteiger partial charge in [0, 0.05) is 6.42 Å². The number of alkyl halides is 1. The molecule has 1 fully saturated rings. The van der Waals surface area contributed by atoms with Crippen LogP contribution in [-0.4, -0.2) is 23.2 Å². The Kier molecular flexibility index (Phi) is 4.32. The van der Waals surface area contributed by atoms with Crippen LogP contribution in [0.4, 0.5) is 0 Å². The smallest absolute Gasteiger partial charge is 0.135 e. The van der Waals surface area contributed by atoms with Crippen molar-refractivity contribution in [3.63, 3.8) is 0 Å². The standard InChI is InChI=1S/C17H21ClO2/c1-16(2)12-15(17(3,4)20-16)19-14-10-6-5-8-13(14)9-7-11-18/h5-6,8,10,15H,11-12H2,1-4H3. The molecule has 0 spiro atoms. The van der Waals surface area contributed by atoms with Crippen LogP contribution in [0.15, 0.2) is 24.3 Å². The zero-order chi connectivity index (χ0) is 14.8. The van der Waals surface area contributed by atoms with Gasteiger partial charge in [0.05, 0.1) is 17.0 Å². The lowest BCUT2D eigenvalue weighted by atomic mass is 9.97. The first-order chi connectivity index (χ1) is 9.34. The number of para-hydroxylation sites is 1. The van der Waals surface area contributed by atoms with E-state index >= 15 is 0 Å². The Labute approximate surface area is 126 Å². The molecule has 1 unspecified atom stereocenters. The number of benzene rings is 1. The van der Waals surface area contributed by atoms with Crippen LogP contribution in [0.2, 0.25) is 0 Å². The van der Waals surface area contributed by atoms with Gasteiger partial charge in [0.1, 0.15) is 17.5 Å². The molecule has 1 atom stereocenters. The molecular weight excluding hydrogens is 272 g/mol. The maximum atomic E-state index is 6.18. The Hall–Kier alpha value is -1.17. The van der Waals surface area contributed by atoms with E-state index in [1.807, 2.05) is 24.3 Å². The van der Waals surface area contributed by atoms with Crippen LogP contribution >= 0.6 is 11.6 Å². The molecule has 108 valence electrons. The Balaban J connectivity index is 2.22. The summed E-state index contributed by atoms with van der Waals surface area (Å²) in [7, 11) is 0. The van der Waals surface area contributed by atoms with E-state index in [4.69, 9.17) is 21.1 Å². The normalized spacial score (nSPS) is 22.9. The molecule has 0 aliphatic carbocycles. The lowest BCUT2D eigenvalue weighted by Gasteiger charge is -2.27. The van der Waals surface area contributed by atoms with Crippen molar-refractivity contribution in [1.82, 2.24) is 0 Å². The number of hydrogen-bond donors (Lipinski definition) is 0. The summed E-state index contributed by atoms with van der Waals surface area (Å²) in [6.07, 6.45) is 0.869. The molecule has 1 aromatic rings. The summed E-state index contributed by atoms with van der Waals surface area (Å²) in [6.45, 7) is 8.33. The lowest BCUT2D eigenvalue weighted by Crippen LogP contribution is -2.36. The van der Waals surface area contributed by atoms with E-state index in [2.05, 4.69) is 39.5 Å². The van der Waals surface area contributed by atoms with Gasteiger partial charge in [0.25, 0.3) is 0 Å². The highest BCUT2D eigenvalue weighted by molar-refractivity contribution is 6.19. The molecule has 1 heterocycles. The average Bonchev–Trinajstić information content (AvgIpc) is 2.56. The van der Waals surface area contributed by atoms with Crippen LogP contribution < -0.4 is 4.74 Å². The van der Waals surface area contributed by atoms with Gasteiger partial charge in [-0.3, -0.25) is 0 Å². The van der Waals surface area contributed by atoms with Crippen molar-refractivity contribution in [1.29, 1.82) is 0 Å². The molecule has 20 heavy (non-hydrogen) atoms. The molecule has 2 nitrogen and oxygen atoms in total. The quantitative estimate of drug-likeness (QED) is 0.606. The highest BCUT2D eigenvalue weighted by Crippen LogP contribution is 2.39. The maximum Gasteiger partial charge on any atom is 0.135 e. The molecule has 0 amide bonds. The van der Waals surface area contributed by atoms with Crippen molar-refractivity contribution in [2.75, 3.05) is 5.88 Å². The fourth-order valence-corrected chi connectivity index (χ4v) is 2.72. The first-order valence-electron chi connectivity index (χ1n) is 6.85. The van der Waals surface area contributed by atoms with Crippen LogP contribution in [0.5, 0.6) is 5.75 Å². The highest BCUT2D eigenvalue weighted by Gasteiger charge is 2.47. The molecular formula is C17H21ClO2. The topological polar surface area (TPSA) is 18.5 Å². The monoisotopic (exact) mass is 292 g/mol. The van der Waals surface area contributed by atoms with Gasteiger partial charge in [-0.25, -0.2) is 0 Å². The van der Waals surface area contributed by atoms with Gasteiger partial charge in [0.2, 0.25) is 0 Å². The first-order valence-corrected chi connectivity index (χ1v) is 7.38. The van der Waals surface area contributed by atoms with Crippen LogP contribution in [0.1, 0.15) is 39.7 Å². The largest absolute Gasteiger partial charge is 0.486 e. The van der Waals surface area contributed by atoms with Crippen molar-refractivity contribution < 1.29 is 9.47 Å². The van der Waals surface area contributed by atoms with E-state index in [1.54, 1.807) is 0 Å². The van der Waals surface area contributed by atoms with Gasteiger partial charge in [0.15, 0.2) is 0 Å². The highest BCUT2D eigenvalue weighted by atomic mass is 35.5. The van der Waals surface area contributed by atoms with Crippen LogP contribution in [0.25, 0.3) is 0 Å². The Bertz CT molecular complexity index is 537. The summed E-state index contributed by atoms with van der Waals surface area (Å²) in [5, 5.41) is 0. The van der Waals surface area contributed by atoms with E-state index in [0.29, 0.717) is 5.88 Å². The minimum Gasteiger partial charge on any atom is -0.486 e. The average molecular weight is 293 g/mol. The number of halogens is 1. The van der Waals surface area contributed by atoms with E-state index in [-0.39, 0.29) is 17.3 Å². The molecule has 2 rings (SSSR count). The van der Waals surface area contributed by atoms with E-state index in [9.17, 15) is 0 Å².